The number of aliphatic hydroxyl groups is 1. The zero-order valence-electron chi connectivity index (χ0n) is 58.3. The third-order valence-electron chi connectivity index (χ3n) is 16.5. The monoisotopic (exact) mass is 1450 g/mol. The van der Waals surface area contributed by atoms with Gasteiger partial charge in [-0.25, -0.2) is 38.4 Å². The van der Waals surface area contributed by atoms with Crippen molar-refractivity contribution in [2.75, 3.05) is 26.9 Å². The highest BCUT2D eigenvalue weighted by atomic mass is 16.7. The van der Waals surface area contributed by atoms with Gasteiger partial charge >= 0.3 is 59.7 Å². The lowest BCUT2D eigenvalue weighted by Crippen LogP contribution is -2.63. The molecule has 0 amide bonds. The Morgan fingerprint density at radius 3 is 1.08 bits per heavy atom. The van der Waals surface area contributed by atoms with Crippen LogP contribution in [0.3, 0.4) is 0 Å². The van der Waals surface area contributed by atoms with Crippen molar-refractivity contribution in [2.45, 2.75) is 114 Å². The first kappa shape index (κ1) is 78.4. The Bertz CT molecular complexity index is 4180. The van der Waals surface area contributed by atoms with Gasteiger partial charge in [-0.3, -0.25) is 9.59 Å². The standard InChI is InChI=1S/C81H78O25/c1-50(47-94-72(84)54-30-14-6-15-31-54)66(101-74(86)56-34-18-8-19-35-56)69(104-77(89)59-40-24-11-25-41-59)71(106-79(91)61-44-28-13-29-45-61)81(93-5)96-48-64(51(2)97-52(3)82)100-80(92)63(98-53(4)83)46-62-67(102-75(87)57-36-20-9-21-37-57)70(105-78(90)60-42-26-12-27-43-60)68(103-76(88)58-38-22-10-23-39-58)65(99-62)49-95-73(85)55-32-16-7-17-33-55/h6-45,50-51,62-71,80-81,92H,46-49H2,1-5H3. The largest absolute Gasteiger partial charge is 0.462 e. The smallest absolute Gasteiger partial charge is 0.338 e. The first-order valence-corrected chi connectivity index (χ1v) is 33.7. The number of hydrogen-bond donors (Lipinski definition) is 1. The average Bonchev–Trinajstić information content (AvgIpc) is 0.774. The van der Waals surface area contributed by atoms with Crippen LogP contribution < -0.4 is 0 Å². The summed E-state index contributed by atoms with van der Waals surface area (Å²) in [7, 11) is 1.12. The summed E-state index contributed by atoms with van der Waals surface area (Å²) in [6.45, 7) is 2.80. The van der Waals surface area contributed by atoms with Gasteiger partial charge in [-0.15, -0.1) is 0 Å². The van der Waals surface area contributed by atoms with Gasteiger partial charge in [0, 0.05) is 33.3 Å². The zero-order chi connectivity index (χ0) is 75.5. The molecule has 1 fully saturated rings. The fraction of sp³-hybridized carbons (Fsp3) is 0.284. The molecular formula is C81H78O25. The van der Waals surface area contributed by atoms with Crippen LogP contribution in [0.2, 0.25) is 0 Å². The Kier molecular flexibility index (Phi) is 29.0. The topological polar surface area (TPSA) is 320 Å². The van der Waals surface area contributed by atoms with E-state index in [4.69, 9.17) is 66.3 Å². The molecule has 1 saturated heterocycles. The summed E-state index contributed by atoms with van der Waals surface area (Å²) in [5.74, 6) is -10.8. The lowest BCUT2D eigenvalue weighted by molar-refractivity contribution is -0.267. The van der Waals surface area contributed by atoms with Crippen LogP contribution in [0.1, 0.15) is 117 Å². The van der Waals surface area contributed by atoms with E-state index in [9.17, 15) is 53.1 Å². The molecule has 14 unspecified atom stereocenters. The van der Waals surface area contributed by atoms with Gasteiger partial charge in [0.05, 0.1) is 57.7 Å². The Morgan fingerprint density at radius 1 is 0.368 bits per heavy atom. The van der Waals surface area contributed by atoms with Crippen LogP contribution in [0.25, 0.3) is 0 Å². The molecule has 25 heteroatoms. The number of hydrogen-bond acceptors (Lipinski definition) is 25. The molecule has 0 aliphatic carbocycles. The summed E-state index contributed by atoms with van der Waals surface area (Å²) < 4.78 is 86.4. The van der Waals surface area contributed by atoms with E-state index in [0.29, 0.717) is 0 Å². The van der Waals surface area contributed by atoms with E-state index in [1.165, 1.54) is 111 Å². The van der Waals surface area contributed by atoms with Gasteiger partial charge in [0.25, 0.3) is 0 Å². The van der Waals surface area contributed by atoms with Crippen molar-refractivity contribution in [3.8, 4) is 0 Å². The van der Waals surface area contributed by atoms with Gasteiger partial charge in [-0.1, -0.05) is 153 Å². The van der Waals surface area contributed by atoms with Crippen molar-refractivity contribution < 1.29 is 119 Å². The molecule has 0 spiro atoms. The lowest BCUT2D eigenvalue weighted by atomic mass is 9.90. The first-order valence-electron chi connectivity index (χ1n) is 33.7. The molecule has 106 heavy (non-hydrogen) atoms. The second-order valence-electron chi connectivity index (χ2n) is 24.2. The molecule has 0 bridgehead atoms. The molecule has 9 rings (SSSR count). The van der Waals surface area contributed by atoms with Gasteiger partial charge in [0.15, 0.2) is 49.2 Å². The maximum atomic E-state index is 14.6. The van der Waals surface area contributed by atoms with Crippen LogP contribution in [0.4, 0.5) is 0 Å². The average molecular weight is 1450 g/mol. The van der Waals surface area contributed by atoms with E-state index >= 15 is 0 Å². The van der Waals surface area contributed by atoms with Crippen molar-refractivity contribution in [3.05, 3.63) is 287 Å². The number of aliphatic hydroxyl groups excluding tert-OH is 1. The van der Waals surface area contributed by atoms with Crippen LogP contribution >= 0.6 is 0 Å². The number of ether oxygens (including phenoxy) is 14. The number of carbonyl (C=O) groups is 10. The van der Waals surface area contributed by atoms with Crippen molar-refractivity contribution in [1.29, 1.82) is 0 Å². The molecule has 0 saturated carbocycles. The molecule has 14 atom stereocenters. The fourth-order valence-electron chi connectivity index (χ4n) is 11.3. The summed E-state index contributed by atoms with van der Waals surface area (Å²) in [5, 5.41) is 12.6. The Balaban J connectivity index is 1.11. The van der Waals surface area contributed by atoms with Crippen molar-refractivity contribution in [3.63, 3.8) is 0 Å². The normalized spacial score (nSPS) is 17.9. The predicted molar refractivity (Wildman–Crippen MR) is 374 cm³/mol. The molecule has 1 aliphatic rings. The highest BCUT2D eigenvalue weighted by Gasteiger charge is 2.55. The molecule has 0 radical (unpaired) electrons. The van der Waals surface area contributed by atoms with Crippen molar-refractivity contribution >= 4 is 59.7 Å². The first-order chi connectivity index (χ1) is 51.2. The second kappa shape index (κ2) is 39.2. The summed E-state index contributed by atoms with van der Waals surface area (Å²) >= 11 is 0. The number of methoxy groups -OCH3 is 1. The van der Waals surface area contributed by atoms with Gasteiger partial charge in [-0.2, -0.15) is 0 Å². The summed E-state index contributed by atoms with van der Waals surface area (Å²) in [5.41, 5.74) is 0.206. The molecule has 0 aromatic heterocycles. The molecule has 8 aromatic carbocycles. The zero-order valence-corrected chi connectivity index (χ0v) is 58.3. The van der Waals surface area contributed by atoms with E-state index in [1.54, 1.807) is 146 Å². The lowest BCUT2D eigenvalue weighted by Gasteiger charge is -2.45. The minimum atomic E-state index is -2.37. The van der Waals surface area contributed by atoms with Crippen molar-refractivity contribution in [2.24, 2.45) is 5.92 Å². The third-order valence-corrected chi connectivity index (χ3v) is 16.5. The maximum absolute atomic E-state index is 14.6. The minimum absolute atomic E-state index is 0.0151. The third kappa shape index (κ3) is 22.4. The molecule has 1 N–H and O–H groups in total. The van der Waals surface area contributed by atoms with Gasteiger partial charge in [0.2, 0.25) is 0 Å². The second-order valence-corrected chi connectivity index (χ2v) is 24.2. The summed E-state index contributed by atoms with van der Waals surface area (Å²) in [6, 6.07) is 61.4. The Labute approximate surface area is 610 Å². The SMILES string of the molecule is COC(OCC(OC(O)C(CC1OC(COC(=O)c2ccccc2)C(OC(=O)c2ccccc2)C(OC(=O)c2ccccc2)C1OC(=O)c1ccccc1)OC(C)=O)C(C)OC(C)=O)C(OC(=O)c1ccccc1)C(OC(=O)c1ccccc1)C(OC(=O)c1ccccc1)C(C)COC(=O)c1ccccc1. The fourth-order valence-corrected chi connectivity index (χ4v) is 11.3. The van der Waals surface area contributed by atoms with E-state index in [2.05, 4.69) is 0 Å². The van der Waals surface area contributed by atoms with Crippen LogP contribution in [0.15, 0.2) is 243 Å². The number of esters is 10. The highest BCUT2D eigenvalue weighted by molar-refractivity contribution is 5.93. The number of rotatable bonds is 34. The van der Waals surface area contributed by atoms with Gasteiger partial charge in [0.1, 0.15) is 37.1 Å². The van der Waals surface area contributed by atoms with E-state index < -0.39 is 172 Å². The molecule has 1 heterocycles. The van der Waals surface area contributed by atoms with Crippen LogP contribution in [0.5, 0.6) is 0 Å². The summed E-state index contributed by atoms with van der Waals surface area (Å²) in [4.78, 5) is 141. The van der Waals surface area contributed by atoms with Crippen LogP contribution in [0, 0.1) is 5.92 Å². The highest BCUT2D eigenvalue weighted by Crippen LogP contribution is 2.35. The van der Waals surface area contributed by atoms with Gasteiger partial charge in [-0.05, 0) is 104 Å². The summed E-state index contributed by atoms with van der Waals surface area (Å²) in [6.07, 6.45) is -24.9. The van der Waals surface area contributed by atoms with Crippen LogP contribution in [-0.2, 0) is 75.9 Å². The predicted octanol–water partition coefficient (Wildman–Crippen LogP) is 10.4. The van der Waals surface area contributed by atoms with E-state index in [0.717, 1.165) is 21.0 Å². The van der Waals surface area contributed by atoms with Gasteiger partial charge < -0.3 is 71.4 Å². The van der Waals surface area contributed by atoms with Crippen LogP contribution in [-0.4, -0.2) is 171 Å². The molecule has 25 nitrogen and oxygen atoms in total. The van der Waals surface area contributed by atoms with E-state index in [-0.39, 0.29) is 44.5 Å². The molecular weight excluding hydrogens is 1370 g/mol. The maximum Gasteiger partial charge on any atom is 0.338 e. The molecule has 1 aliphatic heterocycles. The van der Waals surface area contributed by atoms with E-state index in [1.807, 2.05) is 0 Å². The van der Waals surface area contributed by atoms with Crippen molar-refractivity contribution in [1.82, 2.24) is 0 Å². The number of benzene rings is 8. The number of carbonyl (C=O) groups excluding carboxylic acids is 10. The Hall–Kier alpha value is -11.7. The quantitative estimate of drug-likeness (QED) is 0.0222. The minimum Gasteiger partial charge on any atom is -0.462 e. The molecule has 8 aromatic rings. The Morgan fingerprint density at radius 2 is 0.698 bits per heavy atom. The molecule has 552 valence electrons.